The van der Waals surface area contributed by atoms with Gasteiger partial charge in [-0.3, -0.25) is 9.89 Å². The highest BCUT2D eigenvalue weighted by molar-refractivity contribution is 6.00. The van der Waals surface area contributed by atoms with Crippen molar-refractivity contribution >= 4 is 28.6 Å². The van der Waals surface area contributed by atoms with Gasteiger partial charge in [0.25, 0.3) is 0 Å². The van der Waals surface area contributed by atoms with Gasteiger partial charge in [-0.15, -0.1) is 0 Å². The van der Waals surface area contributed by atoms with Crippen LogP contribution in [0.25, 0.3) is 22.0 Å². The maximum atomic E-state index is 13.3. The molecule has 2 saturated heterocycles. The van der Waals surface area contributed by atoms with E-state index in [9.17, 15) is 14.7 Å². The van der Waals surface area contributed by atoms with Gasteiger partial charge < -0.3 is 14.9 Å². The standard InChI is InChI=1S/C22H22N4O3/c27-20-22(6-9-25(10-7-22)21(28)29)8-11-26(20)18-3-1-2-15(13-18)16-4-5-19-17(12-16)14-23-24-19/h1-5,12-14H,6-11H2,(H,23,24)(H,28,29). The number of aromatic nitrogens is 2. The molecule has 29 heavy (non-hydrogen) atoms. The fourth-order valence-electron chi connectivity index (χ4n) is 4.63. The summed E-state index contributed by atoms with van der Waals surface area (Å²) in [6.45, 7) is 1.54. The Morgan fingerprint density at radius 3 is 2.59 bits per heavy atom. The molecular weight excluding hydrogens is 368 g/mol. The predicted octanol–water partition coefficient (Wildman–Crippen LogP) is 3.73. The van der Waals surface area contributed by atoms with Crippen molar-refractivity contribution in [2.24, 2.45) is 5.41 Å². The highest BCUT2D eigenvalue weighted by Gasteiger charge is 2.49. The van der Waals surface area contributed by atoms with Crippen LogP contribution >= 0.6 is 0 Å². The Balaban J connectivity index is 1.40. The minimum absolute atomic E-state index is 0.130. The van der Waals surface area contributed by atoms with Gasteiger partial charge in [-0.2, -0.15) is 5.10 Å². The zero-order valence-corrected chi connectivity index (χ0v) is 16.0. The van der Waals surface area contributed by atoms with Crippen molar-refractivity contribution in [1.82, 2.24) is 15.1 Å². The number of benzene rings is 2. The SMILES string of the molecule is O=C(O)N1CCC2(CC1)CCN(c1cccc(-c3ccc4[nH]ncc4c3)c1)C2=O. The normalized spacial score (nSPS) is 18.7. The van der Waals surface area contributed by atoms with E-state index in [-0.39, 0.29) is 5.91 Å². The number of hydrogen-bond acceptors (Lipinski definition) is 3. The number of likely N-dealkylation sites (tertiary alicyclic amines) is 1. The molecule has 5 rings (SSSR count). The van der Waals surface area contributed by atoms with Crippen molar-refractivity contribution in [3.05, 3.63) is 48.7 Å². The van der Waals surface area contributed by atoms with Crippen molar-refractivity contribution in [3.63, 3.8) is 0 Å². The highest BCUT2D eigenvalue weighted by atomic mass is 16.4. The van der Waals surface area contributed by atoms with Gasteiger partial charge in [-0.05, 0) is 54.7 Å². The number of nitrogens with one attached hydrogen (secondary N) is 1. The second-order valence-electron chi connectivity index (χ2n) is 7.98. The van der Waals surface area contributed by atoms with Crippen molar-refractivity contribution < 1.29 is 14.7 Å². The molecule has 2 N–H and O–H groups in total. The molecule has 2 aliphatic rings. The molecule has 0 unspecified atom stereocenters. The molecule has 1 spiro atoms. The van der Waals surface area contributed by atoms with Crippen LogP contribution < -0.4 is 4.90 Å². The van der Waals surface area contributed by atoms with Crippen LogP contribution in [0.15, 0.2) is 48.7 Å². The summed E-state index contributed by atoms with van der Waals surface area (Å²) in [4.78, 5) is 27.8. The van der Waals surface area contributed by atoms with Crippen LogP contribution in [0.5, 0.6) is 0 Å². The van der Waals surface area contributed by atoms with Crippen LogP contribution in [-0.4, -0.2) is 51.8 Å². The van der Waals surface area contributed by atoms with E-state index in [1.54, 1.807) is 6.20 Å². The molecule has 3 aromatic rings. The number of H-pyrrole nitrogens is 1. The maximum Gasteiger partial charge on any atom is 0.407 e. The second kappa shape index (κ2) is 6.62. The third-order valence-electron chi connectivity index (χ3n) is 6.44. The summed E-state index contributed by atoms with van der Waals surface area (Å²) in [5, 5.41) is 17.3. The lowest BCUT2D eigenvalue weighted by molar-refractivity contribution is -0.127. The molecule has 148 valence electrons. The average molecular weight is 390 g/mol. The van der Waals surface area contributed by atoms with Gasteiger partial charge in [0, 0.05) is 30.7 Å². The summed E-state index contributed by atoms with van der Waals surface area (Å²) in [6.07, 6.45) is 2.89. The third-order valence-corrected chi connectivity index (χ3v) is 6.44. The van der Waals surface area contributed by atoms with Crippen LogP contribution in [0.4, 0.5) is 10.5 Å². The van der Waals surface area contributed by atoms with Crippen LogP contribution in [0.1, 0.15) is 19.3 Å². The molecule has 0 radical (unpaired) electrons. The molecule has 2 fully saturated rings. The van der Waals surface area contributed by atoms with E-state index in [2.05, 4.69) is 28.4 Å². The lowest BCUT2D eigenvalue weighted by atomic mass is 9.77. The molecular formula is C22H22N4O3. The van der Waals surface area contributed by atoms with Gasteiger partial charge in [0.2, 0.25) is 5.91 Å². The molecule has 0 aliphatic carbocycles. The first-order chi connectivity index (χ1) is 14.1. The van der Waals surface area contributed by atoms with Crippen molar-refractivity contribution in [3.8, 4) is 11.1 Å². The Morgan fingerprint density at radius 1 is 1.03 bits per heavy atom. The molecule has 7 nitrogen and oxygen atoms in total. The minimum atomic E-state index is -0.899. The lowest BCUT2D eigenvalue weighted by Crippen LogP contribution is -2.46. The molecule has 0 bridgehead atoms. The summed E-state index contributed by atoms with van der Waals surface area (Å²) in [7, 11) is 0. The zero-order chi connectivity index (χ0) is 20.0. The fraction of sp³-hybridized carbons (Fsp3) is 0.318. The van der Waals surface area contributed by atoms with Gasteiger partial charge in [0.15, 0.2) is 0 Å². The van der Waals surface area contributed by atoms with E-state index < -0.39 is 11.5 Å². The number of carboxylic acid groups (broad SMARTS) is 1. The Hall–Kier alpha value is -3.35. The van der Waals surface area contributed by atoms with Gasteiger partial charge in [0.05, 0.1) is 17.1 Å². The Bertz CT molecular complexity index is 1100. The number of carbonyl (C=O) groups is 2. The predicted molar refractivity (Wildman–Crippen MR) is 110 cm³/mol. The average Bonchev–Trinajstić information content (AvgIpc) is 3.33. The summed E-state index contributed by atoms with van der Waals surface area (Å²) < 4.78 is 0. The summed E-state index contributed by atoms with van der Waals surface area (Å²) in [6, 6.07) is 14.2. The van der Waals surface area contributed by atoms with Crippen LogP contribution in [-0.2, 0) is 4.79 Å². The van der Waals surface area contributed by atoms with Crippen molar-refractivity contribution in [1.29, 1.82) is 0 Å². The van der Waals surface area contributed by atoms with E-state index >= 15 is 0 Å². The first-order valence-corrected chi connectivity index (χ1v) is 9.89. The molecule has 2 aromatic carbocycles. The third kappa shape index (κ3) is 2.93. The topological polar surface area (TPSA) is 89.5 Å². The Morgan fingerprint density at radius 2 is 1.79 bits per heavy atom. The lowest BCUT2D eigenvalue weighted by Gasteiger charge is -2.36. The molecule has 2 aliphatic heterocycles. The Labute approximate surface area is 167 Å². The number of rotatable bonds is 2. The number of fused-ring (bicyclic) bond motifs is 1. The van der Waals surface area contributed by atoms with Crippen molar-refractivity contribution in [2.45, 2.75) is 19.3 Å². The van der Waals surface area contributed by atoms with E-state index in [0.29, 0.717) is 32.5 Å². The second-order valence-corrected chi connectivity index (χ2v) is 7.98. The minimum Gasteiger partial charge on any atom is -0.465 e. The van der Waals surface area contributed by atoms with E-state index in [1.807, 2.05) is 29.2 Å². The smallest absolute Gasteiger partial charge is 0.407 e. The van der Waals surface area contributed by atoms with Gasteiger partial charge >= 0.3 is 6.09 Å². The Kier molecular flexibility index (Phi) is 4.04. The number of amides is 2. The fourth-order valence-corrected chi connectivity index (χ4v) is 4.63. The van der Waals surface area contributed by atoms with E-state index in [4.69, 9.17) is 0 Å². The number of anilines is 1. The van der Waals surface area contributed by atoms with Gasteiger partial charge in [0.1, 0.15) is 0 Å². The number of nitrogens with zero attached hydrogens (tertiary/aromatic N) is 3. The first-order valence-electron chi connectivity index (χ1n) is 9.89. The first kappa shape index (κ1) is 17.7. The quantitative estimate of drug-likeness (QED) is 0.698. The molecule has 3 heterocycles. The summed E-state index contributed by atoms with van der Waals surface area (Å²) >= 11 is 0. The number of aromatic amines is 1. The zero-order valence-electron chi connectivity index (χ0n) is 16.0. The molecule has 0 atom stereocenters. The van der Waals surface area contributed by atoms with Gasteiger partial charge in [-0.25, -0.2) is 4.79 Å². The monoisotopic (exact) mass is 390 g/mol. The number of piperidine rings is 1. The van der Waals surface area contributed by atoms with Crippen molar-refractivity contribution in [2.75, 3.05) is 24.5 Å². The van der Waals surface area contributed by atoms with Gasteiger partial charge in [-0.1, -0.05) is 18.2 Å². The van der Waals surface area contributed by atoms with E-state index in [1.165, 1.54) is 4.90 Å². The highest BCUT2D eigenvalue weighted by Crippen LogP contribution is 2.43. The molecule has 2 amide bonds. The molecule has 7 heteroatoms. The maximum absolute atomic E-state index is 13.3. The van der Waals surface area contributed by atoms with Crippen LogP contribution in [0.3, 0.4) is 0 Å². The summed E-state index contributed by atoms with van der Waals surface area (Å²) in [5.74, 6) is 0.130. The largest absolute Gasteiger partial charge is 0.465 e. The number of hydrogen-bond donors (Lipinski definition) is 2. The van der Waals surface area contributed by atoms with E-state index in [0.717, 1.165) is 34.1 Å². The van der Waals surface area contributed by atoms with Crippen LogP contribution in [0.2, 0.25) is 0 Å². The van der Waals surface area contributed by atoms with Crippen LogP contribution in [0, 0.1) is 5.41 Å². The summed E-state index contributed by atoms with van der Waals surface area (Å²) in [5.41, 5.74) is 3.61. The molecule has 0 saturated carbocycles. The number of carbonyl (C=O) groups excluding carboxylic acids is 1. The molecule has 1 aromatic heterocycles.